The molecule has 0 saturated heterocycles. The number of fused-ring (bicyclic) bond motifs is 2. The van der Waals surface area contributed by atoms with Crippen LogP contribution in [-0.4, -0.2) is 37.6 Å². The summed E-state index contributed by atoms with van der Waals surface area (Å²) in [5.74, 6) is 0.573. The molecule has 0 fully saturated rings. The zero-order valence-corrected chi connectivity index (χ0v) is 10.2. The van der Waals surface area contributed by atoms with Gasteiger partial charge in [0.05, 0.1) is 18.2 Å². The van der Waals surface area contributed by atoms with Gasteiger partial charge in [-0.2, -0.15) is 0 Å². The molecule has 2 heterocycles. The van der Waals surface area contributed by atoms with Crippen LogP contribution < -0.4 is 9.47 Å². The molecule has 19 heavy (non-hydrogen) atoms. The van der Waals surface area contributed by atoms with E-state index in [1.54, 1.807) is 12.1 Å². The van der Waals surface area contributed by atoms with E-state index in [1.807, 2.05) is 0 Å². The van der Waals surface area contributed by atoms with Crippen molar-refractivity contribution in [3.8, 4) is 11.5 Å². The second-order valence-electron chi connectivity index (χ2n) is 4.06. The Balaban J connectivity index is 2.25. The van der Waals surface area contributed by atoms with Crippen LogP contribution >= 0.6 is 0 Å². The van der Waals surface area contributed by atoms with Crippen molar-refractivity contribution in [3.05, 3.63) is 23.4 Å². The summed E-state index contributed by atoms with van der Waals surface area (Å²) in [7, 11) is 1.26. The van der Waals surface area contributed by atoms with Crippen LogP contribution in [0.1, 0.15) is 20.8 Å². The molecule has 1 aliphatic heterocycles. The maximum Gasteiger partial charge on any atom is 0.355 e. The van der Waals surface area contributed by atoms with Gasteiger partial charge in [-0.15, -0.1) is 0 Å². The fraction of sp³-hybridized carbons (Fsp3) is 0.231. The molecule has 0 bridgehead atoms. The number of rotatable bonds is 2. The van der Waals surface area contributed by atoms with Gasteiger partial charge in [0, 0.05) is 11.5 Å². The van der Waals surface area contributed by atoms with Crippen molar-refractivity contribution >= 4 is 23.2 Å². The predicted octanol–water partition coefficient (Wildman–Crippen LogP) is 1.54. The van der Waals surface area contributed by atoms with Gasteiger partial charge >= 0.3 is 5.97 Å². The number of nitrogens with one attached hydrogen (secondary N) is 1. The fourth-order valence-electron chi connectivity index (χ4n) is 2.14. The number of aromatic amines is 1. The first kappa shape index (κ1) is 11.6. The number of carbonyl (C=O) groups excluding carboxylic acids is 2. The van der Waals surface area contributed by atoms with Crippen molar-refractivity contribution in [2.45, 2.75) is 0 Å². The molecular formula is C13H11NO5. The second kappa shape index (κ2) is 4.31. The zero-order chi connectivity index (χ0) is 13.4. The maximum atomic E-state index is 11.6. The molecule has 0 radical (unpaired) electrons. The summed E-state index contributed by atoms with van der Waals surface area (Å²) >= 11 is 0. The van der Waals surface area contributed by atoms with Crippen molar-refractivity contribution in [1.29, 1.82) is 0 Å². The minimum absolute atomic E-state index is 0.134. The Hall–Kier alpha value is -2.50. The number of esters is 1. The quantitative estimate of drug-likeness (QED) is 0.655. The molecule has 0 unspecified atom stereocenters. The molecule has 98 valence electrons. The lowest BCUT2D eigenvalue weighted by Crippen LogP contribution is -2.15. The number of carbonyl (C=O) groups is 2. The van der Waals surface area contributed by atoms with E-state index in [2.05, 4.69) is 9.72 Å². The number of hydrogen-bond acceptors (Lipinski definition) is 5. The number of H-pyrrole nitrogens is 1. The highest BCUT2D eigenvalue weighted by molar-refractivity contribution is 6.08. The zero-order valence-electron chi connectivity index (χ0n) is 10.2. The van der Waals surface area contributed by atoms with Crippen LogP contribution in [-0.2, 0) is 4.74 Å². The van der Waals surface area contributed by atoms with Crippen LogP contribution in [0.5, 0.6) is 11.5 Å². The normalized spacial score (nSPS) is 13.3. The Morgan fingerprint density at radius 2 is 2.00 bits per heavy atom. The van der Waals surface area contributed by atoms with E-state index in [-0.39, 0.29) is 11.3 Å². The number of hydrogen-bond donors (Lipinski definition) is 1. The minimum atomic E-state index is -0.585. The van der Waals surface area contributed by atoms with Crippen LogP contribution in [0.15, 0.2) is 12.1 Å². The van der Waals surface area contributed by atoms with Crippen molar-refractivity contribution in [2.75, 3.05) is 20.3 Å². The first-order chi connectivity index (χ1) is 9.24. The van der Waals surface area contributed by atoms with Crippen molar-refractivity contribution in [1.82, 2.24) is 4.98 Å². The van der Waals surface area contributed by atoms with Crippen LogP contribution in [0.2, 0.25) is 0 Å². The molecule has 0 saturated carbocycles. The van der Waals surface area contributed by atoms with Gasteiger partial charge < -0.3 is 19.2 Å². The lowest BCUT2D eigenvalue weighted by Gasteiger charge is -2.18. The predicted molar refractivity (Wildman–Crippen MR) is 66.0 cm³/mol. The summed E-state index contributed by atoms with van der Waals surface area (Å²) in [5, 5.41) is 0.611. The van der Waals surface area contributed by atoms with Gasteiger partial charge in [0.2, 0.25) is 0 Å². The van der Waals surface area contributed by atoms with Crippen molar-refractivity contribution in [2.24, 2.45) is 0 Å². The number of methoxy groups -OCH3 is 1. The SMILES string of the molecule is COC(=O)c1[nH]c2cc3c(cc2c1C=O)OCCO3. The first-order valence-corrected chi connectivity index (χ1v) is 5.73. The minimum Gasteiger partial charge on any atom is -0.486 e. The molecule has 3 rings (SSSR count). The summed E-state index contributed by atoms with van der Waals surface area (Å²) in [6, 6.07) is 3.40. The van der Waals surface area contributed by atoms with Gasteiger partial charge in [0.1, 0.15) is 18.9 Å². The molecule has 0 amide bonds. The summed E-state index contributed by atoms with van der Waals surface area (Å²) < 4.78 is 15.5. The molecule has 1 aliphatic rings. The van der Waals surface area contributed by atoms with Crippen LogP contribution in [0.4, 0.5) is 0 Å². The molecule has 0 atom stereocenters. The molecule has 0 spiro atoms. The van der Waals surface area contributed by atoms with Gasteiger partial charge in [-0.3, -0.25) is 4.79 Å². The average Bonchev–Trinajstić information content (AvgIpc) is 2.81. The molecule has 2 aromatic rings. The molecule has 6 heteroatoms. The second-order valence-corrected chi connectivity index (χ2v) is 4.06. The number of aromatic nitrogens is 1. The third-order valence-electron chi connectivity index (χ3n) is 3.01. The lowest BCUT2D eigenvalue weighted by atomic mass is 10.1. The standard InChI is InChI=1S/C13H11NO5/c1-17-13(16)12-8(6-15)7-4-10-11(5-9(7)14-12)19-3-2-18-10/h4-6,14H,2-3H2,1H3. The van der Waals surface area contributed by atoms with Crippen molar-refractivity contribution < 1.29 is 23.8 Å². The van der Waals surface area contributed by atoms with Crippen molar-refractivity contribution in [3.63, 3.8) is 0 Å². The Morgan fingerprint density at radius 1 is 1.32 bits per heavy atom. The fourth-order valence-corrected chi connectivity index (χ4v) is 2.14. The van der Waals surface area contributed by atoms with E-state index < -0.39 is 5.97 Å². The Kier molecular flexibility index (Phi) is 2.63. The van der Waals surface area contributed by atoms with Gasteiger partial charge in [0.25, 0.3) is 0 Å². The Morgan fingerprint density at radius 3 is 2.63 bits per heavy atom. The smallest absolute Gasteiger partial charge is 0.355 e. The summed E-state index contributed by atoms with van der Waals surface area (Å²) in [6.45, 7) is 0.937. The van der Waals surface area contributed by atoms with Gasteiger partial charge in [-0.25, -0.2) is 4.79 Å². The Bertz CT molecular complexity index is 673. The monoisotopic (exact) mass is 261 g/mol. The number of aldehydes is 1. The van der Waals surface area contributed by atoms with Gasteiger partial charge in [-0.1, -0.05) is 0 Å². The lowest BCUT2D eigenvalue weighted by molar-refractivity contribution is 0.0593. The van der Waals surface area contributed by atoms with E-state index in [9.17, 15) is 9.59 Å². The highest BCUT2D eigenvalue weighted by atomic mass is 16.6. The molecule has 6 nitrogen and oxygen atoms in total. The Labute approximate surface area is 108 Å². The third kappa shape index (κ3) is 1.72. The summed E-state index contributed by atoms with van der Waals surface area (Å²) in [5.41, 5.74) is 1.03. The van der Waals surface area contributed by atoms with Crippen LogP contribution in [0, 0.1) is 0 Å². The maximum absolute atomic E-state index is 11.6. The third-order valence-corrected chi connectivity index (χ3v) is 3.01. The summed E-state index contributed by atoms with van der Waals surface area (Å²) in [6.07, 6.45) is 0.626. The number of benzene rings is 1. The van der Waals surface area contributed by atoms with E-state index >= 15 is 0 Å². The van der Waals surface area contributed by atoms with E-state index in [4.69, 9.17) is 9.47 Å². The molecule has 1 N–H and O–H groups in total. The van der Waals surface area contributed by atoms with Crippen LogP contribution in [0.3, 0.4) is 0 Å². The van der Waals surface area contributed by atoms with Gasteiger partial charge in [-0.05, 0) is 6.07 Å². The first-order valence-electron chi connectivity index (χ1n) is 5.73. The highest BCUT2D eigenvalue weighted by Gasteiger charge is 2.21. The topological polar surface area (TPSA) is 77.6 Å². The molecule has 1 aromatic carbocycles. The molecule has 1 aromatic heterocycles. The largest absolute Gasteiger partial charge is 0.486 e. The van der Waals surface area contributed by atoms with E-state index in [1.165, 1.54) is 7.11 Å². The number of ether oxygens (including phenoxy) is 3. The molecule has 0 aliphatic carbocycles. The van der Waals surface area contributed by atoms with Crippen LogP contribution in [0.25, 0.3) is 10.9 Å². The average molecular weight is 261 g/mol. The van der Waals surface area contributed by atoms with Gasteiger partial charge in [0.15, 0.2) is 17.8 Å². The molecular weight excluding hydrogens is 250 g/mol. The van der Waals surface area contributed by atoms with E-state index in [0.29, 0.717) is 41.9 Å². The summed E-state index contributed by atoms with van der Waals surface area (Å²) in [4.78, 5) is 25.7. The highest BCUT2D eigenvalue weighted by Crippen LogP contribution is 2.36. The van der Waals surface area contributed by atoms with E-state index in [0.717, 1.165) is 0 Å².